The first kappa shape index (κ1) is 24.5. The van der Waals surface area contributed by atoms with Crippen LogP contribution in [0.4, 0.5) is 15.3 Å². The molecule has 0 aromatic heterocycles. The molecular weight excluding hydrogens is 424 g/mol. The van der Waals surface area contributed by atoms with Crippen LogP contribution in [0.1, 0.15) is 51.8 Å². The predicted molar refractivity (Wildman–Crippen MR) is 124 cm³/mol. The number of benzene rings is 2. The molecule has 1 aliphatic rings. The van der Waals surface area contributed by atoms with E-state index in [0.717, 1.165) is 5.56 Å². The lowest BCUT2D eigenvalue weighted by molar-refractivity contribution is -0.0543. The van der Waals surface area contributed by atoms with E-state index in [1.165, 1.54) is 4.90 Å². The SMILES string of the molecule is CC(C)(C)OC(=O)Nc1ccccc1[C@@H](O)[C@H]1COC(C)(C)N1C(=O)OCc1ccccc1. The van der Waals surface area contributed by atoms with E-state index in [4.69, 9.17) is 14.2 Å². The standard InChI is InChI=1S/C25H32N2O6/c1-24(2,3)33-22(29)26-19-14-10-9-13-18(19)21(28)20-16-32-25(4,5)27(20)23(30)31-15-17-11-7-6-8-12-17/h6-14,20-21,28H,15-16H2,1-5H3,(H,26,29)/t20-,21-/m1/s1. The fraction of sp³-hybridized carbons (Fsp3) is 0.440. The number of carbonyl (C=O) groups is 2. The maximum Gasteiger partial charge on any atom is 0.412 e. The van der Waals surface area contributed by atoms with Crippen LogP contribution in [0, 0.1) is 0 Å². The summed E-state index contributed by atoms with van der Waals surface area (Å²) in [6.45, 7) is 9.00. The highest BCUT2D eigenvalue weighted by atomic mass is 16.6. The van der Waals surface area contributed by atoms with Gasteiger partial charge >= 0.3 is 12.2 Å². The molecule has 0 radical (unpaired) electrons. The van der Waals surface area contributed by atoms with Gasteiger partial charge in [-0.3, -0.25) is 10.2 Å². The minimum atomic E-state index is -1.14. The van der Waals surface area contributed by atoms with Crippen molar-refractivity contribution in [2.24, 2.45) is 0 Å². The zero-order valence-corrected chi connectivity index (χ0v) is 19.7. The molecule has 0 saturated carbocycles. The molecule has 1 saturated heterocycles. The van der Waals surface area contributed by atoms with Gasteiger partial charge in [0.25, 0.3) is 0 Å². The van der Waals surface area contributed by atoms with E-state index in [1.54, 1.807) is 58.9 Å². The van der Waals surface area contributed by atoms with E-state index >= 15 is 0 Å². The third-order valence-corrected chi connectivity index (χ3v) is 5.20. The molecule has 0 unspecified atom stereocenters. The predicted octanol–water partition coefficient (Wildman–Crippen LogP) is 4.84. The summed E-state index contributed by atoms with van der Waals surface area (Å²) in [7, 11) is 0. The number of carbonyl (C=O) groups excluding carboxylic acids is 2. The average molecular weight is 457 g/mol. The summed E-state index contributed by atoms with van der Waals surface area (Å²) < 4.78 is 16.7. The number of aliphatic hydroxyl groups is 1. The van der Waals surface area contributed by atoms with Crippen molar-refractivity contribution in [3.8, 4) is 0 Å². The number of para-hydroxylation sites is 1. The van der Waals surface area contributed by atoms with E-state index in [9.17, 15) is 14.7 Å². The lowest BCUT2D eigenvalue weighted by Gasteiger charge is -2.35. The lowest BCUT2D eigenvalue weighted by Crippen LogP contribution is -2.50. The molecule has 8 nitrogen and oxygen atoms in total. The van der Waals surface area contributed by atoms with Crippen molar-refractivity contribution in [3.05, 3.63) is 65.7 Å². The van der Waals surface area contributed by atoms with Crippen LogP contribution in [0.2, 0.25) is 0 Å². The number of hydrogen-bond acceptors (Lipinski definition) is 6. The Morgan fingerprint density at radius 2 is 1.79 bits per heavy atom. The van der Waals surface area contributed by atoms with Crippen molar-refractivity contribution < 1.29 is 28.9 Å². The van der Waals surface area contributed by atoms with Gasteiger partial charge in [0.2, 0.25) is 0 Å². The largest absolute Gasteiger partial charge is 0.444 e. The number of anilines is 1. The molecular formula is C25H32N2O6. The fourth-order valence-electron chi connectivity index (χ4n) is 3.70. The quantitative estimate of drug-likeness (QED) is 0.668. The van der Waals surface area contributed by atoms with Gasteiger partial charge in [0, 0.05) is 11.3 Å². The third kappa shape index (κ3) is 6.24. The topological polar surface area (TPSA) is 97.3 Å². The summed E-state index contributed by atoms with van der Waals surface area (Å²) >= 11 is 0. The van der Waals surface area contributed by atoms with E-state index in [0.29, 0.717) is 11.3 Å². The molecule has 3 rings (SSSR count). The number of rotatable bonds is 5. The average Bonchev–Trinajstić information content (AvgIpc) is 3.06. The van der Waals surface area contributed by atoms with Gasteiger partial charge in [-0.2, -0.15) is 0 Å². The summed E-state index contributed by atoms with van der Waals surface area (Å²) in [5.41, 5.74) is 0.0394. The Morgan fingerprint density at radius 1 is 1.15 bits per heavy atom. The molecule has 0 aliphatic carbocycles. The Balaban J connectivity index is 1.78. The fourth-order valence-corrected chi connectivity index (χ4v) is 3.70. The Kier molecular flexibility index (Phi) is 7.29. The molecule has 2 atom stereocenters. The molecule has 0 bridgehead atoms. The van der Waals surface area contributed by atoms with Gasteiger partial charge in [0.1, 0.15) is 24.0 Å². The zero-order valence-electron chi connectivity index (χ0n) is 19.7. The van der Waals surface area contributed by atoms with Crippen LogP contribution in [0.5, 0.6) is 0 Å². The molecule has 2 aromatic rings. The number of ether oxygens (including phenoxy) is 3. The molecule has 2 N–H and O–H groups in total. The van der Waals surface area contributed by atoms with Gasteiger partial charge < -0.3 is 19.3 Å². The summed E-state index contributed by atoms with van der Waals surface area (Å²) in [5, 5.41) is 13.9. The maximum absolute atomic E-state index is 13.0. The first-order valence-corrected chi connectivity index (χ1v) is 10.9. The second kappa shape index (κ2) is 9.80. The smallest absolute Gasteiger partial charge is 0.412 e. The highest BCUT2D eigenvalue weighted by Crippen LogP contribution is 2.37. The van der Waals surface area contributed by atoms with Gasteiger partial charge in [0.15, 0.2) is 0 Å². The zero-order chi connectivity index (χ0) is 24.2. The van der Waals surface area contributed by atoms with E-state index in [-0.39, 0.29) is 13.2 Å². The van der Waals surface area contributed by atoms with E-state index < -0.39 is 35.7 Å². The van der Waals surface area contributed by atoms with Crippen LogP contribution in [-0.2, 0) is 20.8 Å². The second-order valence-electron chi connectivity index (χ2n) is 9.39. The molecule has 8 heteroatoms. The number of amides is 2. The van der Waals surface area contributed by atoms with Crippen LogP contribution < -0.4 is 5.32 Å². The third-order valence-electron chi connectivity index (χ3n) is 5.20. The highest BCUT2D eigenvalue weighted by molar-refractivity contribution is 5.86. The molecule has 0 spiro atoms. The Hall–Kier alpha value is -3.10. The van der Waals surface area contributed by atoms with E-state index in [1.807, 2.05) is 30.3 Å². The monoisotopic (exact) mass is 456 g/mol. The van der Waals surface area contributed by atoms with Crippen molar-refractivity contribution >= 4 is 17.9 Å². The van der Waals surface area contributed by atoms with Crippen LogP contribution in [0.25, 0.3) is 0 Å². The summed E-state index contributed by atoms with van der Waals surface area (Å²) in [6, 6.07) is 15.5. The lowest BCUT2D eigenvalue weighted by atomic mass is 9.99. The van der Waals surface area contributed by atoms with Gasteiger partial charge in [0.05, 0.1) is 12.6 Å². The van der Waals surface area contributed by atoms with Gasteiger partial charge in [-0.15, -0.1) is 0 Å². The van der Waals surface area contributed by atoms with Crippen LogP contribution >= 0.6 is 0 Å². The Bertz CT molecular complexity index is 970. The van der Waals surface area contributed by atoms with Crippen LogP contribution in [0.3, 0.4) is 0 Å². The number of hydrogen-bond donors (Lipinski definition) is 2. The summed E-state index contributed by atoms with van der Waals surface area (Å²) in [6.07, 6.45) is -2.37. The highest BCUT2D eigenvalue weighted by Gasteiger charge is 2.48. The molecule has 2 amide bonds. The maximum atomic E-state index is 13.0. The normalized spacial score (nSPS) is 18.5. The van der Waals surface area contributed by atoms with Gasteiger partial charge in [-0.25, -0.2) is 9.59 Å². The van der Waals surface area contributed by atoms with Crippen molar-refractivity contribution in [2.45, 2.75) is 64.7 Å². The molecule has 178 valence electrons. The number of aliphatic hydroxyl groups excluding tert-OH is 1. The molecule has 1 aliphatic heterocycles. The summed E-state index contributed by atoms with van der Waals surface area (Å²) in [4.78, 5) is 26.7. The van der Waals surface area contributed by atoms with Crippen molar-refractivity contribution in [1.29, 1.82) is 0 Å². The van der Waals surface area contributed by atoms with Crippen LogP contribution in [-0.4, -0.2) is 46.2 Å². The van der Waals surface area contributed by atoms with Crippen molar-refractivity contribution in [1.82, 2.24) is 4.90 Å². The number of nitrogens with zero attached hydrogens (tertiary/aromatic N) is 1. The van der Waals surface area contributed by atoms with Gasteiger partial charge in [-0.05, 0) is 46.2 Å². The first-order valence-electron chi connectivity index (χ1n) is 10.9. The molecule has 2 aromatic carbocycles. The Morgan fingerprint density at radius 3 is 2.45 bits per heavy atom. The molecule has 1 fully saturated rings. The van der Waals surface area contributed by atoms with E-state index in [2.05, 4.69) is 5.32 Å². The van der Waals surface area contributed by atoms with Gasteiger partial charge in [-0.1, -0.05) is 48.5 Å². The first-order chi connectivity index (χ1) is 15.5. The van der Waals surface area contributed by atoms with Crippen molar-refractivity contribution in [3.63, 3.8) is 0 Å². The minimum Gasteiger partial charge on any atom is -0.444 e. The molecule has 1 heterocycles. The summed E-state index contributed by atoms with van der Waals surface area (Å²) in [5.74, 6) is 0. The van der Waals surface area contributed by atoms with Crippen molar-refractivity contribution in [2.75, 3.05) is 11.9 Å². The Labute approximate surface area is 194 Å². The molecule has 33 heavy (non-hydrogen) atoms. The van der Waals surface area contributed by atoms with Crippen LogP contribution in [0.15, 0.2) is 54.6 Å². The minimum absolute atomic E-state index is 0.103. The second-order valence-corrected chi connectivity index (χ2v) is 9.39. The number of nitrogens with one attached hydrogen (secondary N) is 1.